The monoisotopic (exact) mass is 707 g/mol. The molecule has 0 saturated heterocycles. The minimum Gasteiger partial charge on any atom is -0.370 e. The van der Waals surface area contributed by atoms with Gasteiger partial charge in [0.2, 0.25) is 29.5 Å². The van der Waals surface area contributed by atoms with Gasteiger partial charge in [-0.05, 0) is 41.2 Å². The Morgan fingerprint density at radius 2 is 1.46 bits per heavy atom. The van der Waals surface area contributed by atoms with Crippen LogP contribution in [0.2, 0.25) is 0 Å². The van der Waals surface area contributed by atoms with E-state index in [1.54, 1.807) is 6.20 Å². The van der Waals surface area contributed by atoms with E-state index in [1.807, 2.05) is 78.9 Å². The molecule has 1 aliphatic rings. The van der Waals surface area contributed by atoms with Crippen molar-refractivity contribution < 1.29 is 24.0 Å². The smallest absolute Gasteiger partial charge is 0.243 e. The SMILES string of the molecule is CC(=O)N1Cc2ccccc2CC1C(=O)N[C@H](Cc1ccccc1)C(=O)N[C@@H](CCCN=C(N)N)C(=O)N[C@@H](Cc1c[nH]c2ccccc12)C(N)=O. The van der Waals surface area contributed by atoms with Crippen LogP contribution in [-0.4, -0.2) is 76.1 Å². The van der Waals surface area contributed by atoms with Gasteiger partial charge < -0.3 is 43.0 Å². The molecule has 10 N–H and O–H groups in total. The first-order valence-electron chi connectivity index (χ1n) is 17.2. The number of hydrogen-bond acceptors (Lipinski definition) is 6. The highest BCUT2D eigenvalue weighted by molar-refractivity contribution is 5.96. The summed E-state index contributed by atoms with van der Waals surface area (Å²) >= 11 is 0. The minimum atomic E-state index is -1.14. The van der Waals surface area contributed by atoms with Crippen LogP contribution < -0.4 is 33.2 Å². The van der Waals surface area contributed by atoms with Gasteiger partial charge in [0.05, 0.1) is 0 Å². The van der Waals surface area contributed by atoms with Crippen molar-refractivity contribution in [3.8, 4) is 0 Å². The fourth-order valence-electron chi connectivity index (χ4n) is 6.48. The van der Waals surface area contributed by atoms with Crippen LogP contribution in [0.5, 0.6) is 0 Å². The van der Waals surface area contributed by atoms with Crippen LogP contribution in [0.4, 0.5) is 0 Å². The first-order valence-corrected chi connectivity index (χ1v) is 17.2. The van der Waals surface area contributed by atoms with Crippen molar-refractivity contribution in [1.29, 1.82) is 0 Å². The fourth-order valence-corrected chi connectivity index (χ4v) is 6.48. The number of carbonyl (C=O) groups is 5. The summed E-state index contributed by atoms with van der Waals surface area (Å²) in [6.07, 6.45) is 2.68. The van der Waals surface area contributed by atoms with Crippen LogP contribution in [0, 0.1) is 0 Å². The van der Waals surface area contributed by atoms with E-state index in [4.69, 9.17) is 17.2 Å². The molecule has 0 fully saturated rings. The number of guanidine groups is 1. The van der Waals surface area contributed by atoms with Crippen molar-refractivity contribution in [2.45, 2.75) is 69.7 Å². The van der Waals surface area contributed by atoms with E-state index in [1.165, 1.54) is 11.8 Å². The Hall–Kier alpha value is -6.18. The van der Waals surface area contributed by atoms with Crippen LogP contribution in [0.15, 0.2) is 90.1 Å². The molecule has 14 nitrogen and oxygen atoms in total. The molecule has 5 amide bonds. The highest BCUT2D eigenvalue weighted by atomic mass is 16.2. The van der Waals surface area contributed by atoms with Gasteiger partial charge in [-0.1, -0.05) is 72.8 Å². The van der Waals surface area contributed by atoms with Gasteiger partial charge in [0.25, 0.3) is 0 Å². The van der Waals surface area contributed by atoms with Crippen LogP contribution >= 0.6 is 0 Å². The number of nitrogens with two attached hydrogens (primary N) is 3. The van der Waals surface area contributed by atoms with Crippen molar-refractivity contribution in [3.05, 3.63) is 107 Å². The number of para-hydroxylation sites is 1. The zero-order valence-electron chi connectivity index (χ0n) is 29.0. The lowest BCUT2D eigenvalue weighted by atomic mass is 9.93. The number of primary amides is 1. The molecule has 0 aliphatic carbocycles. The topological polar surface area (TPSA) is 231 Å². The van der Waals surface area contributed by atoms with E-state index in [0.29, 0.717) is 6.42 Å². The predicted molar refractivity (Wildman–Crippen MR) is 197 cm³/mol. The number of aromatic nitrogens is 1. The summed E-state index contributed by atoms with van der Waals surface area (Å²) in [4.78, 5) is 75.8. The van der Waals surface area contributed by atoms with Crippen LogP contribution in [0.3, 0.4) is 0 Å². The molecular weight excluding hydrogens is 662 g/mol. The van der Waals surface area contributed by atoms with Gasteiger partial charge in [0.1, 0.15) is 24.2 Å². The summed E-state index contributed by atoms with van der Waals surface area (Å²) in [5.41, 5.74) is 21.0. The van der Waals surface area contributed by atoms with Gasteiger partial charge >= 0.3 is 0 Å². The van der Waals surface area contributed by atoms with Gasteiger partial charge in [-0.15, -0.1) is 0 Å². The number of H-pyrrole nitrogens is 1. The molecule has 0 saturated carbocycles. The summed E-state index contributed by atoms with van der Waals surface area (Å²) in [6, 6.07) is 20.1. The van der Waals surface area contributed by atoms with Crippen LogP contribution in [0.25, 0.3) is 10.9 Å². The third-order valence-corrected chi connectivity index (χ3v) is 9.21. The summed E-state index contributed by atoms with van der Waals surface area (Å²) < 4.78 is 0. The molecule has 1 unspecified atom stereocenters. The molecule has 1 aromatic heterocycles. The van der Waals surface area contributed by atoms with Gasteiger partial charge in [-0.2, -0.15) is 0 Å². The molecule has 4 aromatic rings. The Bertz CT molecular complexity index is 1940. The predicted octanol–water partition coefficient (Wildman–Crippen LogP) is 0.920. The van der Waals surface area contributed by atoms with Gasteiger partial charge in [0, 0.05) is 56.4 Å². The van der Waals surface area contributed by atoms with E-state index in [9.17, 15) is 24.0 Å². The lowest BCUT2D eigenvalue weighted by Crippen LogP contribution is -2.59. The molecule has 52 heavy (non-hydrogen) atoms. The average molecular weight is 708 g/mol. The molecule has 1 aliphatic heterocycles. The number of nitrogens with one attached hydrogen (secondary N) is 4. The lowest BCUT2D eigenvalue weighted by Gasteiger charge is -2.36. The zero-order valence-corrected chi connectivity index (χ0v) is 29.0. The Balaban J connectivity index is 1.36. The highest BCUT2D eigenvalue weighted by Crippen LogP contribution is 2.24. The molecule has 5 rings (SSSR count). The maximum absolute atomic E-state index is 14.1. The summed E-state index contributed by atoms with van der Waals surface area (Å²) in [5.74, 6) is -2.90. The molecule has 0 spiro atoms. The number of amides is 5. The maximum atomic E-state index is 14.1. The van der Waals surface area contributed by atoms with E-state index >= 15 is 0 Å². The molecule has 3 aromatic carbocycles. The summed E-state index contributed by atoms with van der Waals surface area (Å²) in [5, 5.41) is 9.28. The summed E-state index contributed by atoms with van der Waals surface area (Å²) in [7, 11) is 0. The second-order valence-electron chi connectivity index (χ2n) is 12.9. The first kappa shape index (κ1) is 37.1. The quantitative estimate of drug-likeness (QED) is 0.0536. The minimum absolute atomic E-state index is 0.106. The van der Waals surface area contributed by atoms with Gasteiger partial charge in [-0.25, -0.2) is 0 Å². The number of hydrogen-bond donors (Lipinski definition) is 7. The van der Waals surface area contributed by atoms with Gasteiger partial charge in [-0.3, -0.25) is 29.0 Å². The van der Waals surface area contributed by atoms with Crippen molar-refractivity contribution in [2.75, 3.05) is 6.54 Å². The summed E-state index contributed by atoms with van der Waals surface area (Å²) in [6.45, 7) is 1.85. The molecule has 0 bridgehead atoms. The fraction of sp³-hybridized carbons (Fsp3) is 0.316. The Morgan fingerprint density at radius 3 is 2.17 bits per heavy atom. The number of benzene rings is 3. The maximum Gasteiger partial charge on any atom is 0.243 e. The number of nitrogens with zero attached hydrogens (tertiary/aromatic N) is 2. The first-order chi connectivity index (χ1) is 25.0. The second-order valence-corrected chi connectivity index (χ2v) is 12.9. The number of aromatic amines is 1. The third kappa shape index (κ3) is 9.53. The number of rotatable bonds is 15. The Labute approximate surface area is 301 Å². The molecule has 2 heterocycles. The van der Waals surface area contributed by atoms with Crippen LogP contribution in [0.1, 0.15) is 42.0 Å². The lowest BCUT2D eigenvalue weighted by molar-refractivity contribution is -0.141. The normalized spacial score (nSPS) is 15.4. The standard InChI is InChI=1S/C38H45N9O5/c1-23(48)47-22-26-13-6-5-12-25(26)20-33(47)37(52)46-32(18-24-10-3-2-4-11-24)36(51)44-30(16-9-17-42-38(40)41)35(50)45-31(34(39)49)19-27-21-43-29-15-8-7-14-28(27)29/h2-8,10-15,21,30-33,43H,9,16-20,22H2,1H3,(H2,39,49)(H,44,51)(H,45,50)(H,46,52)(H4,40,41,42)/t30-,31-,32+,33?/m0/s1. The van der Waals surface area contributed by atoms with Crippen molar-refractivity contribution in [3.63, 3.8) is 0 Å². The van der Waals surface area contributed by atoms with E-state index < -0.39 is 47.8 Å². The molecule has 14 heteroatoms. The largest absolute Gasteiger partial charge is 0.370 e. The van der Waals surface area contributed by atoms with Crippen molar-refractivity contribution in [2.24, 2.45) is 22.2 Å². The molecular formula is C38H45N9O5. The zero-order chi connectivity index (χ0) is 37.2. The van der Waals surface area contributed by atoms with Gasteiger partial charge in [0.15, 0.2) is 5.96 Å². The van der Waals surface area contributed by atoms with Crippen LogP contribution in [-0.2, 0) is 49.8 Å². The average Bonchev–Trinajstić information content (AvgIpc) is 3.54. The molecule has 272 valence electrons. The van der Waals surface area contributed by atoms with E-state index in [0.717, 1.165) is 33.2 Å². The van der Waals surface area contributed by atoms with E-state index in [-0.39, 0.29) is 50.6 Å². The van der Waals surface area contributed by atoms with E-state index in [2.05, 4.69) is 25.9 Å². The Kier molecular flexibility index (Phi) is 12.2. The third-order valence-electron chi connectivity index (χ3n) is 9.21. The number of aliphatic imine (C=N–C) groups is 1. The second kappa shape index (κ2) is 17.2. The highest BCUT2D eigenvalue weighted by Gasteiger charge is 2.36. The van der Waals surface area contributed by atoms with Crippen molar-refractivity contribution in [1.82, 2.24) is 25.8 Å². The number of fused-ring (bicyclic) bond motifs is 2. The molecule has 4 atom stereocenters. The molecule has 0 radical (unpaired) electrons. The van der Waals surface area contributed by atoms with Crippen molar-refractivity contribution >= 4 is 46.4 Å². The Morgan fingerprint density at radius 1 is 0.808 bits per heavy atom. The number of carbonyl (C=O) groups excluding carboxylic acids is 5.